The molecule has 0 bridgehead atoms. The van der Waals surface area contributed by atoms with Crippen molar-refractivity contribution in [2.24, 2.45) is 5.92 Å². The van der Waals surface area contributed by atoms with Gasteiger partial charge < -0.3 is 14.9 Å². The molecule has 0 aliphatic carbocycles. The fraction of sp³-hybridized carbons (Fsp3) is 0.556. The molecule has 0 radical (unpaired) electrons. The van der Waals surface area contributed by atoms with Crippen molar-refractivity contribution >= 4 is 17.9 Å². The van der Waals surface area contributed by atoms with Crippen molar-refractivity contribution in [2.45, 2.75) is 83.1 Å². The lowest BCUT2D eigenvalue weighted by Crippen LogP contribution is -2.48. The smallest absolute Gasteiger partial charge is 0.215 e. The molecule has 2 N–H and O–H groups in total. The lowest BCUT2D eigenvalue weighted by Gasteiger charge is -2.39. The van der Waals surface area contributed by atoms with Crippen molar-refractivity contribution < 1.29 is 23.4 Å². The third-order valence-corrected chi connectivity index (χ3v) is 14.1. The zero-order chi connectivity index (χ0) is 26.2. The Kier molecular flexibility index (Phi) is 7.92. The first kappa shape index (κ1) is 28.2. The number of benzene rings is 1. The summed E-state index contributed by atoms with van der Waals surface area (Å²) < 4.78 is 29.5. The van der Waals surface area contributed by atoms with Crippen LogP contribution >= 0.6 is 0 Å². The number of aliphatic hydroxyl groups is 2. The predicted octanol–water partition coefficient (Wildman–Crippen LogP) is 4.25. The second-order valence-corrected chi connectivity index (χ2v) is 18.7. The van der Waals surface area contributed by atoms with Crippen LogP contribution in [-0.2, 0) is 14.6 Å². The number of sulfone groups is 1. The van der Waals surface area contributed by atoms with Gasteiger partial charge in [-0.25, -0.2) is 8.42 Å². The number of aliphatic hydroxyl groups excluding tert-OH is 1. The van der Waals surface area contributed by atoms with E-state index in [9.17, 15) is 18.6 Å². The maximum atomic E-state index is 12.6. The van der Waals surface area contributed by atoms with Crippen molar-refractivity contribution in [3.8, 4) is 23.3 Å². The summed E-state index contributed by atoms with van der Waals surface area (Å²) in [6, 6.07) is 7.41. The minimum absolute atomic E-state index is 0.122. The minimum Gasteiger partial charge on any atom is -0.479 e. The molecular weight excluding hydrogens is 464 g/mol. The molecule has 5 nitrogen and oxygen atoms in total. The highest BCUT2D eigenvalue weighted by Gasteiger charge is 2.44. The first-order valence-corrected chi connectivity index (χ1v) is 16.0. The molecule has 0 amide bonds. The second-order valence-electron chi connectivity index (χ2n) is 11.3. The van der Waals surface area contributed by atoms with Crippen LogP contribution in [0.4, 0.5) is 0 Å². The largest absolute Gasteiger partial charge is 0.479 e. The van der Waals surface area contributed by atoms with Gasteiger partial charge in [0.05, 0.1) is 4.75 Å². The molecule has 0 fully saturated rings. The summed E-state index contributed by atoms with van der Waals surface area (Å²) in [7, 11) is -5.70. The summed E-state index contributed by atoms with van der Waals surface area (Å²) in [5.74, 6) is 9.44. The van der Waals surface area contributed by atoms with E-state index in [2.05, 4.69) is 64.1 Å². The second kappa shape index (κ2) is 9.55. The minimum atomic E-state index is -3.79. The Morgan fingerprint density at radius 2 is 1.62 bits per heavy atom. The first-order valence-electron chi connectivity index (χ1n) is 11.5. The van der Waals surface area contributed by atoms with Crippen LogP contribution in [0, 0.1) is 29.2 Å². The summed E-state index contributed by atoms with van der Waals surface area (Å²) in [6.07, 6.45) is -0.496. The van der Waals surface area contributed by atoms with Crippen molar-refractivity contribution in [3.63, 3.8) is 0 Å². The molecule has 1 aliphatic rings. The van der Waals surface area contributed by atoms with E-state index in [0.717, 1.165) is 11.6 Å². The number of rotatable bonds is 3. The Hall–Kier alpha value is -2.03. The van der Waals surface area contributed by atoms with Crippen molar-refractivity contribution in [2.75, 3.05) is 6.61 Å². The maximum Gasteiger partial charge on any atom is 0.215 e. The van der Waals surface area contributed by atoms with E-state index < -0.39 is 41.0 Å². The van der Waals surface area contributed by atoms with Gasteiger partial charge in [0.2, 0.25) is 14.9 Å². The zero-order valence-electron chi connectivity index (χ0n) is 21.8. The van der Waals surface area contributed by atoms with E-state index in [0.29, 0.717) is 11.5 Å². The van der Waals surface area contributed by atoms with Gasteiger partial charge in [0.15, 0.2) is 5.60 Å². The summed E-state index contributed by atoms with van der Waals surface area (Å²) in [5, 5.41) is 21.2. The van der Waals surface area contributed by atoms with Crippen molar-refractivity contribution in [1.82, 2.24) is 0 Å². The molecule has 1 aliphatic heterocycles. The van der Waals surface area contributed by atoms with Gasteiger partial charge in [-0.1, -0.05) is 70.7 Å². The van der Waals surface area contributed by atoms with Gasteiger partial charge in [0.1, 0.15) is 20.8 Å². The van der Waals surface area contributed by atoms with E-state index in [1.54, 1.807) is 20.8 Å². The fourth-order valence-corrected chi connectivity index (χ4v) is 6.48. The molecule has 1 aromatic rings. The van der Waals surface area contributed by atoms with E-state index in [1.165, 1.54) is 0 Å². The molecule has 0 spiro atoms. The molecule has 186 valence electrons. The molecule has 0 aromatic heterocycles. The summed E-state index contributed by atoms with van der Waals surface area (Å²) >= 11 is 0. The summed E-state index contributed by atoms with van der Waals surface area (Å²) in [4.78, 5) is 0. The first-order chi connectivity index (χ1) is 15.3. The van der Waals surface area contributed by atoms with Gasteiger partial charge >= 0.3 is 0 Å². The third kappa shape index (κ3) is 5.61. The molecule has 2 rings (SSSR count). The fourth-order valence-electron chi connectivity index (χ4n) is 3.14. The molecule has 7 heteroatoms. The molecule has 0 saturated carbocycles. The Morgan fingerprint density at radius 3 is 2.09 bits per heavy atom. The van der Waals surface area contributed by atoms with Crippen molar-refractivity contribution in [1.29, 1.82) is 0 Å². The van der Waals surface area contributed by atoms with Gasteiger partial charge in [-0.3, -0.25) is 0 Å². The molecule has 1 aromatic carbocycles. The highest BCUT2D eigenvalue weighted by molar-refractivity contribution is 7.96. The highest BCUT2D eigenvalue weighted by Crippen LogP contribution is 2.43. The van der Waals surface area contributed by atoms with Gasteiger partial charge in [-0.2, -0.15) is 0 Å². The number of ether oxygens (including phenoxy) is 1. The Morgan fingerprint density at radius 1 is 1.09 bits per heavy atom. The van der Waals surface area contributed by atoms with E-state index in [4.69, 9.17) is 4.74 Å². The number of hydrogen-bond donors (Lipinski definition) is 2. The van der Waals surface area contributed by atoms with Crippen molar-refractivity contribution in [3.05, 3.63) is 46.6 Å². The third-order valence-electron chi connectivity index (χ3n) is 7.19. The van der Waals surface area contributed by atoms with Crippen LogP contribution in [0.1, 0.15) is 59.6 Å². The van der Waals surface area contributed by atoms with Crippen LogP contribution in [0.3, 0.4) is 0 Å². The van der Waals surface area contributed by atoms with Gasteiger partial charge in [-0.05, 0) is 43.9 Å². The van der Waals surface area contributed by atoms with Crippen LogP contribution < -0.4 is 0 Å². The SMILES string of the molecule is CC(C)C(C)(C)[Si](C)(C)C#Cc1ccccc1C#C[C@]1(O)COC(S(=O)(=O)C(C)(C)C)=C[C@H]1O. The maximum absolute atomic E-state index is 12.6. The molecule has 0 unspecified atom stereocenters. The number of hydrogen-bond acceptors (Lipinski definition) is 5. The van der Waals surface area contributed by atoms with Crippen LogP contribution in [0.2, 0.25) is 18.1 Å². The van der Waals surface area contributed by atoms with Gasteiger partial charge in [0, 0.05) is 17.2 Å². The summed E-state index contributed by atoms with van der Waals surface area (Å²) in [5.41, 5.74) is 2.97. The average Bonchev–Trinajstić information content (AvgIpc) is 2.72. The monoisotopic (exact) mass is 502 g/mol. The van der Waals surface area contributed by atoms with Crippen LogP contribution in [-0.4, -0.2) is 49.8 Å². The normalized spacial score (nSPS) is 21.5. The van der Waals surface area contributed by atoms with Gasteiger partial charge in [-0.15, -0.1) is 5.54 Å². The molecule has 0 saturated heterocycles. The standard InChI is InChI=1S/C27H38O5SSi/c1-20(2)26(6,7)34(8,9)17-15-22-13-11-10-12-21(22)14-16-27(29)19-32-24(18-23(27)28)33(30,31)25(3,4)5/h10-13,18,20,23,28-29H,19H2,1-9H3/t23-,27+/m1/s1. The zero-order valence-corrected chi connectivity index (χ0v) is 23.6. The van der Waals surface area contributed by atoms with E-state index >= 15 is 0 Å². The van der Waals surface area contributed by atoms with Gasteiger partial charge in [0.25, 0.3) is 0 Å². The van der Waals surface area contributed by atoms with Crippen LogP contribution in [0.15, 0.2) is 35.4 Å². The Bertz CT molecular complexity index is 1180. The molecule has 34 heavy (non-hydrogen) atoms. The lowest BCUT2D eigenvalue weighted by atomic mass is 9.96. The quantitative estimate of drug-likeness (QED) is 0.477. The topological polar surface area (TPSA) is 83.8 Å². The van der Waals surface area contributed by atoms with E-state index in [1.807, 2.05) is 24.3 Å². The summed E-state index contributed by atoms with van der Waals surface area (Å²) in [6.45, 7) is 17.7. The Balaban J connectivity index is 2.40. The molecule has 1 heterocycles. The van der Waals surface area contributed by atoms with E-state index in [-0.39, 0.29) is 10.1 Å². The lowest BCUT2D eigenvalue weighted by molar-refractivity contribution is -0.0632. The Labute approximate surface area is 206 Å². The molecule has 2 atom stereocenters. The van der Waals surface area contributed by atoms with Crippen LogP contribution in [0.25, 0.3) is 0 Å². The predicted molar refractivity (Wildman–Crippen MR) is 140 cm³/mol. The van der Waals surface area contributed by atoms with Crippen LogP contribution in [0.5, 0.6) is 0 Å². The highest BCUT2D eigenvalue weighted by atomic mass is 32.2. The average molecular weight is 503 g/mol. The molecular formula is C27H38O5SSi.